The molecule has 0 atom stereocenters. The fourth-order valence-corrected chi connectivity index (χ4v) is 5.93. The van der Waals surface area contributed by atoms with Crippen LogP contribution >= 0.6 is 0 Å². The molecule has 5 aromatic rings. The van der Waals surface area contributed by atoms with Crippen molar-refractivity contribution >= 4 is 28.2 Å². The number of carbonyl (C=O) groups excluding carboxylic acids is 1. The van der Waals surface area contributed by atoms with E-state index in [-0.39, 0.29) is 11.4 Å². The van der Waals surface area contributed by atoms with Crippen LogP contribution in [0, 0.1) is 6.92 Å². The molecule has 0 bridgehead atoms. The molecule has 1 saturated heterocycles. The van der Waals surface area contributed by atoms with Crippen molar-refractivity contribution in [3.8, 4) is 22.4 Å². The lowest BCUT2D eigenvalue weighted by Crippen LogP contribution is -2.21. The summed E-state index contributed by atoms with van der Waals surface area (Å²) < 4.78 is 0. The third-order valence-electron chi connectivity index (χ3n) is 8.54. The zero-order valence-electron chi connectivity index (χ0n) is 26.2. The van der Waals surface area contributed by atoms with Gasteiger partial charge < -0.3 is 15.5 Å². The molecule has 0 unspecified atom stereocenters. The van der Waals surface area contributed by atoms with E-state index in [0.29, 0.717) is 0 Å². The Morgan fingerprint density at radius 2 is 1.55 bits per heavy atom. The van der Waals surface area contributed by atoms with Gasteiger partial charge in [-0.25, -0.2) is 4.79 Å². The quantitative estimate of drug-likeness (QED) is 0.201. The number of aromatic nitrogens is 2. The third-order valence-corrected chi connectivity index (χ3v) is 8.54. The van der Waals surface area contributed by atoms with Crippen molar-refractivity contribution in [3.63, 3.8) is 0 Å². The summed E-state index contributed by atoms with van der Waals surface area (Å²) in [5, 5.41) is 8.27. The molecule has 0 radical (unpaired) electrons. The van der Waals surface area contributed by atoms with Crippen molar-refractivity contribution < 1.29 is 4.79 Å². The van der Waals surface area contributed by atoms with Crippen LogP contribution in [0.2, 0.25) is 0 Å². The van der Waals surface area contributed by atoms with Crippen LogP contribution in [0.3, 0.4) is 0 Å². The van der Waals surface area contributed by atoms with E-state index >= 15 is 0 Å². The molecule has 2 N–H and O–H groups in total. The van der Waals surface area contributed by atoms with Crippen molar-refractivity contribution in [3.05, 3.63) is 108 Å². The SMILES string of the molecule is Cc1ccc(-c2ccc(C(C)(C)C)cc2NC(=O)Nc2ccc(-c3ccc(CCN4CCCC4)cn3)c3ccccc23)cn1. The number of fused-ring (bicyclic) bond motifs is 1. The van der Waals surface area contributed by atoms with E-state index in [0.717, 1.165) is 68.8 Å². The normalized spacial score (nSPS) is 13.7. The number of hydrogen-bond acceptors (Lipinski definition) is 4. The molecule has 6 rings (SSSR count). The number of nitrogens with one attached hydrogen (secondary N) is 2. The van der Waals surface area contributed by atoms with Crippen molar-refractivity contribution in [1.29, 1.82) is 0 Å². The number of pyridine rings is 2. The largest absolute Gasteiger partial charge is 0.323 e. The van der Waals surface area contributed by atoms with Crippen molar-refractivity contribution in [2.75, 3.05) is 30.3 Å². The van der Waals surface area contributed by atoms with Crippen molar-refractivity contribution in [1.82, 2.24) is 14.9 Å². The predicted octanol–water partition coefficient (Wildman–Crippen LogP) is 8.85. The molecule has 0 saturated carbocycles. The molecule has 0 aliphatic carbocycles. The Morgan fingerprint density at radius 1 is 0.795 bits per heavy atom. The summed E-state index contributed by atoms with van der Waals surface area (Å²) in [5.41, 5.74) is 8.63. The number of nitrogens with zero attached hydrogens (tertiary/aromatic N) is 3. The minimum absolute atomic E-state index is 0.0664. The number of hydrogen-bond donors (Lipinski definition) is 2. The second kappa shape index (κ2) is 12.6. The summed E-state index contributed by atoms with van der Waals surface area (Å²) in [4.78, 5) is 25.4. The van der Waals surface area contributed by atoms with E-state index in [2.05, 4.69) is 77.7 Å². The highest BCUT2D eigenvalue weighted by molar-refractivity contribution is 6.10. The summed E-state index contributed by atoms with van der Waals surface area (Å²) in [6, 6.07) is 26.5. The number of anilines is 2. The van der Waals surface area contributed by atoms with Crippen molar-refractivity contribution in [2.45, 2.75) is 52.4 Å². The molecule has 44 heavy (non-hydrogen) atoms. The van der Waals surface area contributed by atoms with Crippen LogP contribution in [-0.2, 0) is 11.8 Å². The van der Waals surface area contributed by atoms with Gasteiger partial charge in [-0.2, -0.15) is 0 Å². The Balaban J connectivity index is 1.24. The van der Waals surface area contributed by atoms with Gasteiger partial charge in [0.2, 0.25) is 0 Å². The highest BCUT2D eigenvalue weighted by atomic mass is 16.2. The summed E-state index contributed by atoms with van der Waals surface area (Å²) in [6.07, 6.45) is 7.50. The maximum Gasteiger partial charge on any atom is 0.323 e. The lowest BCUT2D eigenvalue weighted by Gasteiger charge is -2.22. The summed E-state index contributed by atoms with van der Waals surface area (Å²) in [7, 11) is 0. The summed E-state index contributed by atoms with van der Waals surface area (Å²) in [6.45, 7) is 12.0. The van der Waals surface area contributed by atoms with Gasteiger partial charge in [0.25, 0.3) is 0 Å². The monoisotopic (exact) mass is 583 g/mol. The lowest BCUT2D eigenvalue weighted by molar-refractivity contribution is 0.262. The first kappa shape index (κ1) is 29.5. The predicted molar refractivity (Wildman–Crippen MR) is 182 cm³/mol. The molecule has 6 nitrogen and oxygen atoms in total. The topological polar surface area (TPSA) is 70.2 Å². The Labute approximate surface area is 260 Å². The molecule has 6 heteroatoms. The summed E-state index contributed by atoms with van der Waals surface area (Å²) >= 11 is 0. The van der Waals surface area contributed by atoms with Crippen molar-refractivity contribution in [2.24, 2.45) is 0 Å². The second-order valence-electron chi connectivity index (χ2n) is 12.8. The van der Waals surface area contributed by atoms with Gasteiger partial charge in [-0.3, -0.25) is 9.97 Å². The van der Waals surface area contributed by atoms with Crippen LogP contribution in [-0.4, -0.2) is 40.5 Å². The number of carbonyl (C=O) groups is 1. The lowest BCUT2D eigenvalue weighted by atomic mass is 9.85. The van der Waals surface area contributed by atoms with E-state index in [1.54, 1.807) is 0 Å². The Hall–Kier alpha value is -4.55. The highest BCUT2D eigenvalue weighted by Gasteiger charge is 2.18. The molecule has 1 aliphatic heterocycles. The highest BCUT2D eigenvalue weighted by Crippen LogP contribution is 2.35. The number of rotatable bonds is 7. The average molecular weight is 584 g/mol. The van der Waals surface area contributed by atoms with E-state index in [9.17, 15) is 4.79 Å². The fourth-order valence-electron chi connectivity index (χ4n) is 5.93. The van der Waals surface area contributed by atoms with Gasteiger partial charge in [0, 0.05) is 46.7 Å². The Morgan fingerprint density at radius 3 is 2.25 bits per heavy atom. The minimum atomic E-state index is -0.296. The van der Waals surface area contributed by atoms with E-state index < -0.39 is 0 Å². The zero-order valence-corrected chi connectivity index (χ0v) is 26.2. The van der Waals surface area contributed by atoms with Crippen LogP contribution in [0.4, 0.5) is 16.2 Å². The molecule has 2 amide bonds. The molecule has 2 aromatic heterocycles. The standard InChI is InChI=1S/C38H41N5O/c1-26-11-13-28(25-39-26)30-15-14-29(38(2,3)4)23-36(30)42-37(44)41-35-18-16-33(31-9-5-6-10-32(31)35)34-17-12-27(24-40-34)19-22-43-20-7-8-21-43/h5-6,9-18,23-25H,7-8,19-22H2,1-4H3,(H2,41,42,44). The maximum absolute atomic E-state index is 13.5. The first-order chi connectivity index (χ1) is 21.2. The van der Waals surface area contributed by atoms with Crippen LogP contribution in [0.1, 0.15) is 50.4 Å². The van der Waals surface area contributed by atoms with E-state index in [1.807, 2.05) is 61.8 Å². The van der Waals surface area contributed by atoms with E-state index in [1.165, 1.54) is 31.5 Å². The van der Waals surface area contributed by atoms with Gasteiger partial charge in [-0.05, 0) is 85.5 Å². The van der Waals surface area contributed by atoms with Gasteiger partial charge in [-0.1, -0.05) is 75.4 Å². The molecule has 1 fully saturated rings. The van der Waals surface area contributed by atoms with Gasteiger partial charge >= 0.3 is 6.03 Å². The Bertz CT molecular complexity index is 1770. The fraction of sp³-hybridized carbons (Fsp3) is 0.289. The third kappa shape index (κ3) is 6.66. The molecule has 224 valence electrons. The zero-order chi connectivity index (χ0) is 30.7. The van der Waals surface area contributed by atoms with Gasteiger partial charge in [0.05, 0.1) is 17.1 Å². The second-order valence-corrected chi connectivity index (χ2v) is 12.8. The van der Waals surface area contributed by atoms with Gasteiger partial charge in [0.1, 0.15) is 0 Å². The smallest absolute Gasteiger partial charge is 0.307 e. The van der Waals surface area contributed by atoms with Gasteiger partial charge in [0.15, 0.2) is 0 Å². The van der Waals surface area contributed by atoms with Crippen LogP contribution in [0.25, 0.3) is 33.2 Å². The first-order valence-corrected chi connectivity index (χ1v) is 15.6. The van der Waals surface area contributed by atoms with Crippen LogP contribution < -0.4 is 10.6 Å². The number of benzene rings is 3. The van der Waals surface area contributed by atoms with Crippen LogP contribution in [0.5, 0.6) is 0 Å². The number of amides is 2. The maximum atomic E-state index is 13.5. The molecule has 0 spiro atoms. The van der Waals surface area contributed by atoms with Crippen LogP contribution in [0.15, 0.2) is 91.3 Å². The average Bonchev–Trinajstić information content (AvgIpc) is 3.54. The first-order valence-electron chi connectivity index (χ1n) is 15.6. The van der Waals surface area contributed by atoms with E-state index in [4.69, 9.17) is 4.98 Å². The number of likely N-dealkylation sites (tertiary alicyclic amines) is 1. The minimum Gasteiger partial charge on any atom is -0.307 e. The molecule has 3 aromatic carbocycles. The Kier molecular flexibility index (Phi) is 8.45. The number of urea groups is 1. The molecule has 1 aliphatic rings. The summed E-state index contributed by atoms with van der Waals surface area (Å²) in [5.74, 6) is 0. The van der Waals surface area contributed by atoms with Gasteiger partial charge in [-0.15, -0.1) is 0 Å². The number of aryl methyl sites for hydroxylation is 1. The molecular weight excluding hydrogens is 542 g/mol. The molecular formula is C38H41N5O. The molecule has 3 heterocycles.